The number of hydrogen-bond donors (Lipinski definition) is 0. The van der Waals surface area contributed by atoms with Crippen molar-refractivity contribution in [3.8, 4) is 11.1 Å². The van der Waals surface area contributed by atoms with E-state index in [1.54, 1.807) is 0 Å². The van der Waals surface area contributed by atoms with Gasteiger partial charge in [-0.3, -0.25) is 9.59 Å². The van der Waals surface area contributed by atoms with Crippen LogP contribution in [0.5, 0.6) is 0 Å². The number of carbonyl (C=O) groups excluding carboxylic acids is 2. The van der Waals surface area contributed by atoms with Gasteiger partial charge in [-0.15, -0.1) is 0 Å². The fraction of sp³-hybridized carbons (Fsp3) is 0.409. The molecule has 1 unspecified atom stereocenters. The van der Waals surface area contributed by atoms with Gasteiger partial charge in [0.1, 0.15) is 5.76 Å². The van der Waals surface area contributed by atoms with Crippen LogP contribution >= 0.6 is 0 Å². The number of allylic oxidation sites excluding steroid dienone is 2. The van der Waals surface area contributed by atoms with Crippen LogP contribution in [-0.2, 0) is 19.1 Å². The Morgan fingerprint density at radius 2 is 1.75 bits per heavy atom. The quantitative estimate of drug-likeness (QED) is 0.570. The molecule has 0 spiro atoms. The van der Waals surface area contributed by atoms with E-state index in [2.05, 4.69) is 5.16 Å². The van der Waals surface area contributed by atoms with E-state index in [0.29, 0.717) is 25.7 Å². The smallest absolute Gasteiger partial charge is 0.313 e. The van der Waals surface area contributed by atoms with Gasteiger partial charge in [0.2, 0.25) is 0 Å². The molecule has 2 aromatic rings. The van der Waals surface area contributed by atoms with Crippen molar-refractivity contribution in [2.75, 3.05) is 13.2 Å². The third kappa shape index (κ3) is 4.88. The molecule has 1 atom stereocenters. The molecule has 6 heteroatoms. The first kappa shape index (κ1) is 19.9. The number of esters is 2. The van der Waals surface area contributed by atoms with Crippen molar-refractivity contribution < 1.29 is 23.6 Å². The van der Waals surface area contributed by atoms with Gasteiger partial charge < -0.3 is 14.0 Å². The van der Waals surface area contributed by atoms with E-state index >= 15 is 0 Å². The summed E-state index contributed by atoms with van der Waals surface area (Å²) in [4.78, 5) is 24.2. The van der Waals surface area contributed by atoms with Crippen molar-refractivity contribution in [2.45, 2.75) is 45.4 Å². The molecule has 3 rings (SSSR count). The molecule has 0 aliphatic carbocycles. The van der Waals surface area contributed by atoms with Crippen LogP contribution in [-0.4, -0.2) is 30.3 Å². The highest BCUT2D eigenvalue weighted by Crippen LogP contribution is 2.30. The lowest BCUT2D eigenvalue weighted by atomic mass is 9.93. The maximum absolute atomic E-state index is 12.6. The van der Waals surface area contributed by atoms with E-state index in [-0.39, 0.29) is 31.1 Å². The molecule has 148 valence electrons. The largest absolute Gasteiger partial charge is 0.466 e. The minimum absolute atomic E-state index is 0.221. The fourth-order valence-corrected chi connectivity index (χ4v) is 3.29. The van der Waals surface area contributed by atoms with Crippen LogP contribution in [0.3, 0.4) is 0 Å². The first-order valence-corrected chi connectivity index (χ1v) is 9.56. The Kier molecular flexibility index (Phi) is 6.63. The third-order valence-corrected chi connectivity index (χ3v) is 4.77. The fourth-order valence-electron chi connectivity index (χ4n) is 3.29. The van der Waals surface area contributed by atoms with E-state index in [4.69, 9.17) is 14.0 Å². The minimum atomic E-state index is -0.382. The van der Waals surface area contributed by atoms with Crippen molar-refractivity contribution in [3.05, 3.63) is 53.4 Å². The van der Waals surface area contributed by atoms with Crippen LogP contribution < -0.4 is 0 Å². The van der Waals surface area contributed by atoms with E-state index in [0.717, 1.165) is 28.1 Å². The van der Waals surface area contributed by atoms with Crippen molar-refractivity contribution in [1.82, 2.24) is 5.16 Å². The standard InChI is InChI=1S/C22H25NO5/c1-15-21(16(2)28-23-15)18-11-9-17(10-12-18)19-7-4-3-5-8-20(24)26-13-6-14-27-22(19)25/h3-4,9-12,19H,5-8,13-14H2,1-2H3/b4-3+. The number of ether oxygens (including phenoxy) is 2. The Morgan fingerprint density at radius 3 is 2.46 bits per heavy atom. The highest BCUT2D eigenvalue weighted by molar-refractivity contribution is 5.79. The zero-order chi connectivity index (χ0) is 19.9. The molecule has 6 nitrogen and oxygen atoms in total. The van der Waals surface area contributed by atoms with Gasteiger partial charge in [0.25, 0.3) is 0 Å². The van der Waals surface area contributed by atoms with Gasteiger partial charge in [0.05, 0.1) is 24.8 Å². The zero-order valence-corrected chi connectivity index (χ0v) is 16.3. The molecule has 0 N–H and O–H groups in total. The van der Waals surface area contributed by atoms with Gasteiger partial charge in [-0.2, -0.15) is 0 Å². The predicted molar refractivity (Wildman–Crippen MR) is 104 cm³/mol. The Morgan fingerprint density at radius 1 is 1.00 bits per heavy atom. The Bertz CT molecular complexity index is 831. The van der Waals surface area contributed by atoms with E-state index in [1.807, 2.05) is 50.3 Å². The highest BCUT2D eigenvalue weighted by atomic mass is 16.5. The number of aryl methyl sites for hydroxylation is 2. The molecule has 0 bridgehead atoms. The van der Waals surface area contributed by atoms with Crippen molar-refractivity contribution in [3.63, 3.8) is 0 Å². The molecule has 2 heterocycles. The van der Waals surface area contributed by atoms with Gasteiger partial charge in [0, 0.05) is 18.4 Å². The molecule has 0 radical (unpaired) electrons. The molecule has 0 fully saturated rings. The van der Waals surface area contributed by atoms with Crippen molar-refractivity contribution in [1.29, 1.82) is 0 Å². The van der Waals surface area contributed by atoms with Crippen molar-refractivity contribution in [2.24, 2.45) is 0 Å². The summed E-state index contributed by atoms with van der Waals surface area (Å²) in [7, 11) is 0. The van der Waals surface area contributed by atoms with Gasteiger partial charge in [-0.1, -0.05) is 41.6 Å². The van der Waals surface area contributed by atoms with Gasteiger partial charge in [-0.25, -0.2) is 0 Å². The van der Waals surface area contributed by atoms with E-state index < -0.39 is 0 Å². The molecule has 0 amide bonds. The molecule has 0 saturated carbocycles. The topological polar surface area (TPSA) is 78.6 Å². The lowest BCUT2D eigenvalue weighted by Crippen LogP contribution is -2.17. The maximum Gasteiger partial charge on any atom is 0.313 e. The second kappa shape index (κ2) is 9.35. The lowest BCUT2D eigenvalue weighted by Gasteiger charge is -2.15. The van der Waals surface area contributed by atoms with Crippen LogP contribution in [0.2, 0.25) is 0 Å². The molecule has 0 saturated heterocycles. The lowest BCUT2D eigenvalue weighted by molar-refractivity contribution is -0.147. The summed E-state index contributed by atoms with van der Waals surface area (Å²) in [5, 5.41) is 4.00. The molecular formula is C22H25NO5. The average molecular weight is 383 g/mol. The number of carbonyl (C=O) groups is 2. The zero-order valence-electron chi connectivity index (χ0n) is 16.3. The predicted octanol–water partition coefficient (Wildman–Crippen LogP) is 4.26. The Balaban J connectivity index is 1.78. The maximum atomic E-state index is 12.6. The monoisotopic (exact) mass is 383 g/mol. The van der Waals surface area contributed by atoms with Crippen LogP contribution in [0.15, 0.2) is 40.9 Å². The summed E-state index contributed by atoms with van der Waals surface area (Å²) in [5.41, 5.74) is 3.72. The summed E-state index contributed by atoms with van der Waals surface area (Å²) in [5.74, 6) is -0.0965. The van der Waals surface area contributed by atoms with Gasteiger partial charge in [-0.05, 0) is 37.8 Å². The normalized spacial score (nSPS) is 20.3. The number of hydrogen-bond acceptors (Lipinski definition) is 6. The summed E-state index contributed by atoms with van der Waals surface area (Å²) < 4.78 is 15.7. The molecule has 1 aliphatic rings. The molecule has 1 aromatic heterocycles. The number of nitrogens with zero attached hydrogens (tertiary/aromatic N) is 1. The van der Waals surface area contributed by atoms with Gasteiger partial charge >= 0.3 is 11.9 Å². The Labute approximate surface area is 164 Å². The summed E-state index contributed by atoms with van der Waals surface area (Å²) in [6.45, 7) is 4.30. The molecular weight excluding hydrogens is 358 g/mol. The minimum Gasteiger partial charge on any atom is -0.466 e. The summed E-state index contributed by atoms with van der Waals surface area (Å²) >= 11 is 0. The molecule has 1 aliphatic heterocycles. The Hall–Kier alpha value is -2.89. The summed E-state index contributed by atoms with van der Waals surface area (Å²) in [6, 6.07) is 7.86. The number of cyclic esters (lactones) is 2. The molecule has 1 aromatic carbocycles. The van der Waals surface area contributed by atoms with Crippen LogP contribution in [0, 0.1) is 13.8 Å². The number of rotatable bonds is 2. The highest BCUT2D eigenvalue weighted by Gasteiger charge is 2.22. The van der Waals surface area contributed by atoms with Crippen LogP contribution in [0.25, 0.3) is 11.1 Å². The summed E-state index contributed by atoms with van der Waals surface area (Å²) in [6.07, 6.45) is 5.83. The second-order valence-corrected chi connectivity index (χ2v) is 6.86. The van der Waals surface area contributed by atoms with Crippen LogP contribution in [0.4, 0.5) is 0 Å². The molecule has 28 heavy (non-hydrogen) atoms. The van der Waals surface area contributed by atoms with E-state index in [9.17, 15) is 9.59 Å². The second-order valence-electron chi connectivity index (χ2n) is 6.86. The number of aromatic nitrogens is 1. The SMILES string of the molecule is Cc1noc(C)c1-c1ccc(C2C/C=C/CCC(=O)OCCCOC2=O)cc1. The average Bonchev–Trinajstić information content (AvgIpc) is 3.02. The first-order chi connectivity index (χ1) is 13.6. The van der Waals surface area contributed by atoms with Gasteiger partial charge in [0.15, 0.2) is 0 Å². The first-order valence-electron chi connectivity index (χ1n) is 9.56. The van der Waals surface area contributed by atoms with E-state index in [1.165, 1.54) is 0 Å². The number of benzene rings is 1. The third-order valence-electron chi connectivity index (χ3n) is 4.77. The van der Waals surface area contributed by atoms with Crippen molar-refractivity contribution >= 4 is 11.9 Å². The van der Waals surface area contributed by atoms with Crippen LogP contribution in [0.1, 0.15) is 48.6 Å².